The van der Waals surface area contributed by atoms with E-state index < -0.39 is 17.8 Å². The van der Waals surface area contributed by atoms with Crippen molar-refractivity contribution < 1.29 is 32.5 Å². The summed E-state index contributed by atoms with van der Waals surface area (Å²) < 4.78 is 45.9. The SMILES string of the molecule is CCOOCCN1CC(c2cccc(C(F)(F)F)c2)N(c2ccc(Oc3ccc(Cl)cc3)cc2)C1=O. The van der Waals surface area contributed by atoms with E-state index in [9.17, 15) is 18.0 Å². The molecule has 0 aliphatic carbocycles. The van der Waals surface area contributed by atoms with E-state index in [0.717, 1.165) is 12.1 Å². The van der Waals surface area contributed by atoms with Crippen LogP contribution in [0.4, 0.5) is 23.7 Å². The zero-order valence-corrected chi connectivity index (χ0v) is 20.1. The van der Waals surface area contributed by atoms with Gasteiger partial charge in [0.05, 0.1) is 24.8 Å². The summed E-state index contributed by atoms with van der Waals surface area (Å²) in [5.41, 5.74) is 0.143. The highest BCUT2D eigenvalue weighted by Crippen LogP contribution is 2.38. The van der Waals surface area contributed by atoms with Gasteiger partial charge in [-0.3, -0.25) is 4.90 Å². The Balaban J connectivity index is 1.59. The van der Waals surface area contributed by atoms with Gasteiger partial charge in [0.15, 0.2) is 0 Å². The van der Waals surface area contributed by atoms with Crippen LogP contribution in [-0.2, 0) is 16.0 Å². The summed E-state index contributed by atoms with van der Waals surface area (Å²) in [6.07, 6.45) is -4.49. The number of carbonyl (C=O) groups excluding carboxylic acids is 1. The van der Waals surface area contributed by atoms with Gasteiger partial charge in [-0.25, -0.2) is 14.6 Å². The molecule has 3 aromatic rings. The molecule has 2 amide bonds. The third-order valence-corrected chi connectivity index (χ3v) is 5.84. The van der Waals surface area contributed by atoms with Crippen molar-refractivity contribution >= 4 is 23.3 Å². The number of hydrogen-bond acceptors (Lipinski definition) is 4. The third kappa shape index (κ3) is 6.10. The molecule has 0 spiro atoms. The Morgan fingerprint density at radius 2 is 1.64 bits per heavy atom. The molecule has 6 nitrogen and oxygen atoms in total. The van der Waals surface area contributed by atoms with Gasteiger partial charge >= 0.3 is 12.2 Å². The minimum Gasteiger partial charge on any atom is -0.457 e. The van der Waals surface area contributed by atoms with Gasteiger partial charge in [-0.05, 0) is 73.2 Å². The molecule has 0 aromatic heterocycles. The summed E-state index contributed by atoms with van der Waals surface area (Å²) in [6, 6.07) is 17.7. The molecular formula is C26H24ClF3N2O4. The van der Waals surface area contributed by atoms with Crippen LogP contribution in [0.2, 0.25) is 5.02 Å². The second-order valence-corrected chi connectivity index (χ2v) is 8.45. The first kappa shape index (κ1) is 25.8. The fourth-order valence-corrected chi connectivity index (χ4v) is 4.04. The number of hydrogen-bond donors (Lipinski definition) is 0. The molecule has 0 saturated carbocycles. The number of amides is 2. The predicted octanol–water partition coefficient (Wildman–Crippen LogP) is 7.10. The molecule has 190 valence electrons. The Labute approximate surface area is 211 Å². The Hall–Kier alpha value is -3.27. The number of urea groups is 1. The molecular weight excluding hydrogens is 497 g/mol. The molecule has 0 radical (unpaired) electrons. The Kier molecular flexibility index (Phi) is 8.03. The lowest BCUT2D eigenvalue weighted by Gasteiger charge is -2.24. The maximum absolute atomic E-state index is 13.4. The van der Waals surface area contributed by atoms with Gasteiger partial charge in [-0.15, -0.1) is 0 Å². The molecule has 4 rings (SSSR count). The number of rotatable bonds is 9. The van der Waals surface area contributed by atoms with Crippen LogP contribution in [0.25, 0.3) is 0 Å². The first-order valence-corrected chi connectivity index (χ1v) is 11.7. The lowest BCUT2D eigenvalue weighted by molar-refractivity contribution is -0.291. The van der Waals surface area contributed by atoms with Gasteiger partial charge in [0, 0.05) is 23.8 Å². The summed E-state index contributed by atoms with van der Waals surface area (Å²) in [5, 5.41) is 0.585. The molecule has 1 heterocycles. The standard InChI is InChI=1S/C26H24ClF3N2O4/c1-2-34-35-15-14-31-17-24(18-4-3-5-19(16-18)26(28,29)30)32(25(31)33)21-8-12-23(13-9-21)36-22-10-6-20(27)7-11-22/h3-13,16,24H,2,14-15,17H2,1H3. The van der Waals surface area contributed by atoms with E-state index in [1.54, 1.807) is 61.5 Å². The van der Waals surface area contributed by atoms with Gasteiger partial charge < -0.3 is 9.64 Å². The first-order chi connectivity index (χ1) is 17.3. The van der Waals surface area contributed by atoms with Crippen molar-refractivity contribution in [1.82, 2.24) is 4.90 Å². The smallest absolute Gasteiger partial charge is 0.416 e. The van der Waals surface area contributed by atoms with Gasteiger partial charge in [0.25, 0.3) is 0 Å². The average Bonchev–Trinajstić information content (AvgIpc) is 3.19. The zero-order valence-electron chi connectivity index (χ0n) is 19.4. The monoisotopic (exact) mass is 520 g/mol. The maximum Gasteiger partial charge on any atom is 0.416 e. The zero-order chi connectivity index (χ0) is 25.7. The summed E-state index contributed by atoms with van der Waals surface area (Å²) >= 11 is 5.91. The fourth-order valence-electron chi connectivity index (χ4n) is 3.91. The van der Waals surface area contributed by atoms with Crippen molar-refractivity contribution in [1.29, 1.82) is 0 Å². The van der Waals surface area contributed by atoms with E-state index in [4.69, 9.17) is 26.1 Å². The Morgan fingerprint density at radius 3 is 2.28 bits per heavy atom. The number of benzene rings is 3. The number of ether oxygens (including phenoxy) is 1. The van der Waals surface area contributed by atoms with Crippen LogP contribution in [-0.4, -0.2) is 37.2 Å². The van der Waals surface area contributed by atoms with Gasteiger partial charge in [-0.2, -0.15) is 13.2 Å². The second-order valence-electron chi connectivity index (χ2n) is 8.02. The molecule has 1 aliphatic heterocycles. The van der Waals surface area contributed by atoms with Crippen LogP contribution >= 0.6 is 11.6 Å². The number of nitrogens with zero attached hydrogens (tertiary/aromatic N) is 2. The molecule has 3 aromatic carbocycles. The van der Waals surface area contributed by atoms with Crippen molar-refractivity contribution in [2.45, 2.75) is 19.1 Å². The summed E-state index contributed by atoms with van der Waals surface area (Å²) in [6.45, 7) is 2.68. The van der Waals surface area contributed by atoms with Crippen molar-refractivity contribution in [3.63, 3.8) is 0 Å². The topological polar surface area (TPSA) is 51.2 Å². The summed E-state index contributed by atoms with van der Waals surface area (Å²) in [7, 11) is 0. The molecule has 0 bridgehead atoms. The highest BCUT2D eigenvalue weighted by atomic mass is 35.5. The minimum atomic E-state index is -4.49. The maximum atomic E-state index is 13.4. The van der Waals surface area contributed by atoms with E-state index in [0.29, 0.717) is 34.4 Å². The van der Waals surface area contributed by atoms with Gasteiger partial charge in [0.1, 0.15) is 11.5 Å². The van der Waals surface area contributed by atoms with Crippen LogP contribution in [0.5, 0.6) is 11.5 Å². The quantitative estimate of drug-likeness (QED) is 0.171. The molecule has 10 heteroatoms. The van der Waals surface area contributed by atoms with E-state index >= 15 is 0 Å². The number of halogens is 4. The predicted molar refractivity (Wildman–Crippen MR) is 129 cm³/mol. The number of carbonyl (C=O) groups is 1. The number of anilines is 1. The fraction of sp³-hybridized carbons (Fsp3) is 0.269. The van der Waals surface area contributed by atoms with Gasteiger partial charge in [0.2, 0.25) is 0 Å². The van der Waals surface area contributed by atoms with E-state index in [-0.39, 0.29) is 25.7 Å². The van der Waals surface area contributed by atoms with E-state index in [1.807, 2.05) is 0 Å². The highest BCUT2D eigenvalue weighted by molar-refractivity contribution is 6.30. The molecule has 1 atom stereocenters. The summed E-state index contributed by atoms with van der Waals surface area (Å²) in [4.78, 5) is 26.3. The minimum absolute atomic E-state index is 0.136. The van der Waals surface area contributed by atoms with Crippen LogP contribution in [0, 0.1) is 0 Å². The molecule has 1 fully saturated rings. The lowest BCUT2D eigenvalue weighted by atomic mass is 10.0. The normalized spacial score (nSPS) is 16.0. The largest absolute Gasteiger partial charge is 0.457 e. The molecule has 0 N–H and O–H groups in total. The first-order valence-electron chi connectivity index (χ1n) is 11.3. The van der Waals surface area contributed by atoms with Crippen molar-refractivity contribution in [3.8, 4) is 11.5 Å². The lowest BCUT2D eigenvalue weighted by Crippen LogP contribution is -2.34. The second kappa shape index (κ2) is 11.2. The molecule has 1 aliphatic rings. The van der Waals surface area contributed by atoms with E-state index in [1.165, 1.54) is 15.9 Å². The van der Waals surface area contributed by atoms with Crippen LogP contribution in [0.1, 0.15) is 24.1 Å². The van der Waals surface area contributed by atoms with Crippen molar-refractivity contribution in [2.75, 3.05) is 31.2 Å². The Bertz CT molecular complexity index is 1170. The van der Waals surface area contributed by atoms with E-state index in [2.05, 4.69) is 0 Å². The van der Waals surface area contributed by atoms with Crippen LogP contribution < -0.4 is 9.64 Å². The van der Waals surface area contributed by atoms with Crippen LogP contribution in [0.3, 0.4) is 0 Å². The van der Waals surface area contributed by atoms with Crippen LogP contribution in [0.15, 0.2) is 72.8 Å². The summed E-state index contributed by atoms with van der Waals surface area (Å²) in [5.74, 6) is 1.12. The third-order valence-electron chi connectivity index (χ3n) is 5.59. The number of alkyl halides is 3. The van der Waals surface area contributed by atoms with Gasteiger partial charge in [-0.1, -0.05) is 23.7 Å². The molecule has 1 unspecified atom stereocenters. The highest BCUT2D eigenvalue weighted by Gasteiger charge is 2.40. The Morgan fingerprint density at radius 1 is 0.972 bits per heavy atom. The van der Waals surface area contributed by atoms with Crippen molar-refractivity contribution in [2.24, 2.45) is 0 Å². The molecule has 36 heavy (non-hydrogen) atoms. The molecule has 1 saturated heterocycles. The van der Waals surface area contributed by atoms with Crippen molar-refractivity contribution in [3.05, 3.63) is 88.9 Å². The average molecular weight is 521 g/mol.